The van der Waals surface area contributed by atoms with Crippen molar-refractivity contribution < 1.29 is 4.79 Å². The van der Waals surface area contributed by atoms with E-state index >= 15 is 0 Å². The molecule has 22 heavy (non-hydrogen) atoms. The molecule has 0 aliphatic carbocycles. The molecule has 1 saturated heterocycles. The first-order valence-corrected chi connectivity index (χ1v) is 9.78. The summed E-state index contributed by atoms with van der Waals surface area (Å²) in [6, 6.07) is 5.79. The summed E-state index contributed by atoms with van der Waals surface area (Å²) in [4.78, 5) is 14.8. The Hall–Kier alpha value is -0.140. The monoisotopic (exact) mass is 478 g/mol. The molecule has 1 aliphatic heterocycles. The van der Waals surface area contributed by atoms with Gasteiger partial charge in [0.05, 0.1) is 5.56 Å². The van der Waals surface area contributed by atoms with Gasteiger partial charge in [-0.15, -0.1) is 0 Å². The van der Waals surface area contributed by atoms with Crippen LogP contribution in [0.2, 0.25) is 0 Å². The Kier molecular flexibility index (Phi) is 7.15. The minimum Gasteiger partial charge on any atom is -0.352 e. The average molecular weight is 479 g/mol. The summed E-state index contributed by atoms with van der Waals surface area (Å²) in [5.41, 5.74) is 0.746. The van der Waals surface area contributed by atoms with Gasteiger partial charge in [0, 0.05) is 27.7 Å². The van der Waals surface area contributed by atoms with Crippen molar-refractivity contribution in [3.8, 4) is 0 Å². The first kappa shape index (κ1) is 18.2. The molecule has 5 heteroatoms. The van der Waals surface area contributed by atoms with Crippen LogP contribution in [-0.4, -0.2) is 37.0 Å². The second kappa shape index (κ2) is 8.64. The van der Waals surface area contributed by atoms with Crippen molar-refractivity contribution in [3.05, 3.63) is 31.8 Å². The van der Waals surface area contributed by atoms with Crippen LogP contribution in [0.5, 0.6) is 0 Å². The van der Waals surface area contributed by atoms with E-state index in [1.165, 1.54) is 19.5 Å². The molecule has 0 radical (unpaired) electrons. The van der Waals surface area contributed by atoms with Gasteiger partial charge in [-0.25, -0.2) is 0 Å². The largest absolute Gasteiger partial charge is 0.352 e. The number of amides is 1. The van der Waals surface area contributed by atoms with Crippen LogP contribution in [0.4, 0.5) is 0 Å². The maximum Gasteiger partial charge on any atom is 0.252 e. The zero-order valence-electron chi connectivity index (χ0n) is 13.2. The number of hydrogen-bond donors (Lipinski definition) is 1. The third kappa shape index (κ3) is 5.49. The first-order chi connectivity index (χ1) is 10.5. The second-order valence-electron chi connectivity index (χ2n) is 6.44. The van der Waals surface area contributed by atoms with Crippen molar-refractivity contribution in [2.24, 2.45) is 11.8 Å². The lowest BCUT2D eigenvalue weighted by atomic mass is 9.92. The van der Waals surface area contributed by atoms with Gasteiger partial charge >= 0.3 is 0 Å². The van der Waals surface area contributed by atoms with Gasteiger partial charge in [-0.05, 0) is 72.0 Å². The molecule has 0 aromatic heterocycles. The second-order valence-corrected chi connectivity index (χ2v) is 8.52. The minimum atomic E-state index is 0.0195. The Balaban J connectivity index is 1.74. The molecule has 1 aliphatic rings. The van der Waals surface area contributed by atoms with E-state index in [0.29, 0.717) is 0 Å². The molecule has 1 aromatic rings. The van der Waals surface area contributed by atoms with E-state index in [9.17, 15) is 4.79 Å². The van der Waals surface area contributed by atoms with E-state index in [-0.39, 0.29) is 5.91 Å². The topological polar surface area (TPSA) is 32.3 Å². The quantitative estimate of drug-likeness (QED) is 0.509. The third-order valence-corrected chi connectivity index (χ3v) is 5.49. The lowest BCUT2D eigenvalue weighted by molar-refractivity contribution is 0.0946. The van der Waals surface area contributed by atoms with Crippen LogP contribution in [0.15, 0.2) is 22.7 Å². The molecule has 1 fully saturated rings. The number of nitrogens with zero attached hydrogens (tertiary/aromatic N) is 1. The zero-order chi connectivity index (χ0) is 16.1. The number of hydrogen-bond acceptors (Lipinski definition) is 2. The lowest BCUT2D eigenvalue weighted by Gasteiger charge is -2.34. The summed E-state index contributed by atoms with van der Waals surface area (Å²) in [5, 5.41) is 3.04. The Morgan fingerprint density at radius 3 is 2.73 bits per heavy atom. The standard InChI is InChI=1S/C17H24BrIN2O/c1-12-8-13(2)11-21(10-12)7-3-6-20-17(22)15-9-14(18)4-5-16(15)19/h4-5,9,12-13H,3,6-8,10-11H2,1-2H3,(H,20,22). The Morgan fingerprint density at radius 2 is 2.05 bits per heavy atom. The van der Waals surface area contributed by atoms with Crippen molar-refractivity contribution >= 4 is 44.4 Å². The van der Waals surface area contributed by atoms with Crippen LogP contribution in [0.3, 0.4) is 0 Å². The van der Waals surface area contributed by atoms with Crippen molar-refractivity contribution in [3.63, 3.8) is 0 Å². The highest BCUT2D eigenvalue weighted by Crippen LogP contribution is 2.21. The molecule has 0 spiro atoms. The van der Waals surface area contributed by atoms with E-state index < -0.39 is 0 Å². The number of benzene rings is 1. The summed E-state index contributed by atoms with van der Waals surface area (Å²) in [6.07, 6.45) is 2.35. The van der Waals surface area contributed by atoms with Gasteiger partial charge in [0.25, 0.3) is 5.91 Å². The molecule has 2 atom stereocenters. The summed E-state index contributed by atoms with van der Waals surface area (Å²) < 4.78 is 1.92. The number of nitrogens with one attached hydrogen (secondary N) is 1. The van der Waals surface area contributed by atoms with Crippen molar-refractivity contribution in [2.75, 3.05) is 26.2 Å². The molecule has 122 valence electrons. The van der Waals surface area contributed by atoms with Crippen molar-refractivity contribution in [1.29, 1.82) is 0 Å². The zero-order valence-corrected chi connectivity index (χ0v) is 17.0. The lowest BCUT2D eigenvalue weighted by Crippen LogP contribution is -2.40. The van der Waals surface area contributed by atoms with E-state index in [1.54, 1.807) is 0 Å². The number of carbonyl (C=O) groups excluding carboxylic acids is 1. The molecule has 0 bridgehead atoms. The molecule has 1 N–H and O–H groups in total. The molecule has 0 saturated carbocycles. The number of rotatable bonds is 5. The molecule has 2 unspecified atom stereocenters. The van der Waals surface area contributed by atoms with Gasteiger partial charge in [-0.2, -0.15) is 0 Å². The fraction of sp³-hybridized carbons (Fsp3) is 0.588. The summed E-state index contributed by atoms with van der Waals surface area (Å²) >= 11 is 5.62. The van der Waals surface area contributed by atoms with Gasteiger partial charge in [0.15, 0.2) is 0 Å². The predicted octanol–water partition coefficient (Wildman–Crippen LogP) is 4.15. The number of carbonyl (C=O) groups is 1. The number of piperidine rings is 1. The highest BCUT2D eigenvalue weighted by atomic mass is 127. The first-order valence-electron chi connectivity index (χ1n) is 7.91. The van der Waals surface area contributed by atoms with Gasteiger partial charge in [-0.1, -0.05) is 29.8 Å². The fourth-order valence-corrected chi connectivity index (χ4v) is 4.19. The molecule has 1 aromatic carbocycles. The fourth-order valence-electron chi connectivity index (χ4n) is 3.25. The molecular formula is C17H24BrIN2O. The van der Waals surface area contributed by atoms with Crippen LogP contribution < -0.4 is 5.32 Å². The normalized spacial score (nSPS) is 22.5. The van der Waals surface area contributed by atoms with E-state index in [4.69, 9.17) is 0 Å². The van der Waals surface area contributed by atoms with E-state index in [0.717, 1.165) is 45.0 Å². The van der Waals surface area contributed by atoms with Crippen LogP contribution in [0, 0.1) is 15.4 Å². The molecular weight excluding hydrogens is 455 g/mol. The third-order valence-electron chi connectivity index (χ3n) is 4.05. The van der Waals surface area contributed by atoms with Gasteiger partial charge < -0.3 is 10.2 Å². The maximum atomic E-state index is 12.2. The van der Waals surface area contributed by atoms with Crippen LogP contribution in [-0.2, 0) is 0 Å². The molecule has 1 heterocycles. The summed E-state index contributed by atoms with van der Waals surface area (Å²) in [5.74, 6) is 1.61. The SMILES string of the molecule is CC1CC(C)CN(CCCNC(=O)c2cc(Br)ccc2I)C1. The Labute approximate surface area is 155 Å². The Bertz CT molecular complexity index is 513. The smallest absolute Gasteiger partial charge is 0.252 e. The summed E-state index contributed by atoms with van der Waals surface area (Å²) in [6.45, 7) is 8.87. The van der Waals surface area contributed by atoms with Crippen LogP contribution in [0.25, 0.3) is 0 Å². The molecule has 2 rings (SSSR count). The van der Waals surface area contributed by atoms with Crippen LogP contribution in [0.1, 0.15) is 37.0 Å². The minimum absolute atomic E-state index is 0.0195. The molecule has 3 nitrogen and oxygen atoms in total. The van der Waals surface area contributed by atoms with E-state index in [1.807, 2.05) is 18.2 Å². The summed E-state index contributed by atoms with van der Waals surface area (Å²) in [7, 11) is 0. The van der Waals surface area contributed by atoms with Gasteiger partial charge in [0.2, 0.25) is 0 Å². The van der Waals surface area contributed by atoms with Crippen molar-refractivity contribution in [1.82, 2.24) is 10.2 Å². The van der Waals surface area contributed by atoms with Gasteiger partial charge in [0.1, 0.15) is 0 Å². The maximum absolute atomic E-state index is 12.2. The van der Waals surface area contributed by atoms with E-state index in [2.05, 4.69) is 62.6 Å². The predicted molar refractivity (Wildman–Crippen MR) is 103 cm³/mol. The highest BCUT2D eigenvalue weighted by molar-refractivity contribution is 14.1. The number of likely N-dealkylation sites (tertiary alicyclic amines) is 1. The Morgan fingerprint density at radius 1 is 1.36 bits per heavy atom. The number of halogens is 2. The van der Waals surface area contributed by atoms with Crippen molar-refractivity contribution in [2.45, 2.75) is 26.7 Å². The van der Waals surface area contributed by atoms with Gasteiger partial charge in [-0.3, -0.25) is 4.79 Å². The average Bonchev–Trinajstić information content (AvgIpc) is 2.45. The van der Waals surface area contributed by atoms with Crippen LogP contribution >= 0.6 is 38.5 Å². The molecule has 1 amide bonds. The highest BCUT2D eigenvalue weighted by Gasteiger charge is 2.21.